The minimum absolute atomic E-state index is 1.18. The average molecular weight is 244 g/mol. The zero-order valence-electron chi connectivity index (χ0n) is 9.53. The van der Waals surface area contributed by atoms with Gasteiger partial charge in [-0.05, 0) is 13.1 Å². The van der Waals surface area contributed by atoms with Crippen molar-refractivity contribution in [3.05, 3.63) is 0 Å². The molecule has 14 heavy (non-hydrogen) atoms. The summed E-state index contributed by atoms with van der Waals surface area (Å²) < 4.78 is 18.2. The van der Waals surface area contributed by atoms with Crippen LogP contribution in [0.1, 0.15) is 0 Å². The smallest absolute Gasteiger partial charge is 0.398 e. The first kappa shape index (κ1) is 16.6. The lowest BCUT2D eigenvalue weighted by Gasteiger charge is -2.15. The van der Waals surface area contributed by atoms with E-state index < -0.39 is 17.6 Å². The molecule has 8 heteroatoms. The van der Waals surface area contributed by atoms with Crippen LogP contribution < -0.4 is 0 Å². The maximum Gasteiger partial charge on any atom is 0.673 e. The molecule has 0 aromatic rings. The van der Waals surface area contributed by atoms with Crippen LogP contribution in [0.15, 0.2) is 0 Å². The summed E-state index contributed by atoms with van der Waals surface area (Å²) in [5.74, 6) is 0. The van der Waals surface area contributed by atoms with Gasteiger partial charge in [-0.3, -0.25) is 0 Å². The van der Waals surface area contributed by atoms with E-state index in [1.807, 2.05) is 13.1 Å². The zero-order valence-corrected chi connectivity index (χ0v) is 11.5. The predicted molar refractivity (Wildman–Crippen MR) is 55.7 cm³/mol. The second-order valence-electron chi connectivity index (χ2n) is 2.76. The van der Waals surface area contributed by atoms with Gasteiger partial charge >= 0.3 is 17.6 Å². The fourth-order valence-corrected chi connectivity index (χ4v) is 0.500. The van der Waals surface area contributed by atoms with Crippen molar-refractivity contribution in [2.24, 2.45) is 0 Å². The van der Waals surface area contributed by atoms with Crippen molar-refractivity contribution in [3.63, 3.8) is 0 Å². The minimum Gasteiger partial charge on any atom is -0.398 e. The van der Waals surface area contributed by atoms with E-state index in [1.165, 1.54) is 14.2 Å². The van der Waals surface area contributed by atoms with E-state index in [2.05, 4.69) is 8.85 Å². The quantitative estimate of drug-likeness (QED) is 0.660. The molecule has 0 aliphatic heterocycles. The van der Waals surface area contributed by atoms with Gasteiger partial charge in [0.1, 0.15) is 0 Å². The Morgan fingerprint density at radius 2 is 1.00 bits per heavy atom. The van der Waals surface area contributed by atoms with Gasteiger partial charge < -0.3 is 27.3 Å². The molecule has 0 amide bonds. The first-order valence-corrected chi connectivity index (χ1v) is 8.42. The van der Waals surface area contributed by atoms with Gasteiger partial charge in [0, 0.05) is 28.4 Å². The summed E-state index contributed by atoms with van der Waals surface area (Å²) in [5, 5.41) is 0. The van der Waals surface area contributed by atoms with E-state index in [-0.39, 0.29) is 0 Å². The third kappa shape index (κ3) is 10.3. The Kier molecular flexibility index (Phi) is 8.88. The molecule has 0 aromatic heterocycles. The van der Waals surface area contributed by atoms with Gasteiger partial charge in [0.25, 0.3) is 0 Å². The average Bonchev–Trinajstić information content (AvgIpc) is 2.19. The second kappa shape index (κ2) is 7.48. The van der Waals surface area contributed by atoms with Gasteiger partial charge in [-0.2, -0.15) is 0 Å². The lowest BCUT2D eigenvalue weighted by Crippen LogP contribution is -2.40. The molecule has 2 N–H and O–H groups in total. The van der Waals surface area contributed by atoms with Crippen LogP contribution >= 0.6 is 0 Å². The molecule has 0 aliphatic carbocycles. The first-order valence-electron chi connectivity index (χ1n) is 3.90. The summed E-state index contributed by atoms with van der Waals surface area (Å²) in [6.07, 6.45) is 0. The van der Waals surface area contributed by atoms with Crippen molar-refractivity contribution in [2.75, 3.05) is 28.4 Å². The highest BCUT2D eigenvalue weighted by Crippen LogP contribution is 1.99. The van der Waals surface area contributed by atoms with Crippen LogP contribution in [0.4, 0.5) is 0 Å². The van der Waals surface area contributed by atoms with Gasteiger partial charge in [-0.25, -0.2) is 0 Å². The Morgan fingerprint density at radius 3 is 1.00 bits per heavy atom. The first-order chi connectivity index (χ1) is 6.24. The van der Waals surface area contributed by atoms with Crippen molar-refractivity contribution >= 4 is 17.6 Å². The summed E-state index contributed by atoms with van der Waals surface area (Å²) >= 11 is 0. The molecule has 0 saturated heterocycles. The fraction of sp³-hybridized carbons (Fsp3) is 1.00. The molecule has 0 heterocycles. The summed E-state index contributed by atoms with van der Waals surface area (Å²) in [6, 6.07) is 0. The largest absolute Gasteiger partial charge is 0.673 e. The minimum atomic E-state index is -3.65. The Labute approximate surface area is 87.1 Å². The lowest BCUT2D eigenvalue weighted by atomic mass is 11.8. The molecule has 88 valence electrons. The van der Waals surface area contributed by atoms with E-state index in [1.54, 1.807) is 14.2 Å². The van der Waals surface area contributed by atoms with Crippen LogP contribution in [0.2, 0.25) is 13.1 Å². The molecule has 0 spiro atoms. The number of hydrogen-bond acceptors (Lipinski definition) is 6. The van der Waals surface area contributed by atoms with Gasteiger partial charge in [0.15, 0.2) is 0 Å². The monoisotopic (exact) mass is 244 g/mol. The third-order valence-electron chi connectivity index (χ3n) is 1.51. The topological polar surface area (TPSA) is 77.4 Å². The predicted octanol–water partition coefficient (Wildman–Crippen LogP) is -0.320. The van der Waals surface area contributed by atoms with Crippen molar-refractivity contribution < 1.29 is 27.3 Å². The molecule has 0 bridgehead atoms. The maximum absolute atomic E-state index is 8.38. The van der Waals surface area contributed by atoms with Crippen molar-refractivity contribution in [1.29, 1.82) is 0 Å². The maximum atomic E-state index is 8.38. The summed E-state index contributed by atoms with van der Waals surface area (Å²) in [4.78, 5) is 16.8. The zero-order chi connectivity index (χ0) is 11.8. The van der Waals surface area contributed by atoms with E-state index in [4.69, 9.17) is 18.4 Å². The molecule has 0 rings (SSSR count). The highest BCUT2D eigenvalue weighted by Gasteiger charge is 2.32. The van der Waals surface area contributed by atoms with Crippen LogP contribution in [0.5, 0.6) is 0 Å². The Morgan fingerprint density at radius 1 is 0.714 bits per heavy atom. The molecule has 0 atom stereocenters. The van der Waals surface area contributed by atoms with Gasteiger partial charge in [0.05, 0.1) is 0 Å². The molecular formula is C6H20O6Si2. The number of hydrogen-bond donors (Lipinski definition) is 2. The van der Waals surface area contributed by atoms with Gasteiger partial charge in [0.2, 0.25) is 0 Å². The highest BCUT2D eigenvalue weighted by atomic mass is 28.4. The molecule has 6 nitrogen and oxygen atoms in total. The van der Waals surface area contributed by atoms with E-state index in [9.17, 15) is 0 Å². The molecule has 0 aliphatic rings. The normalized spacial score (nSPS) is 12.0. The molecule has 0 aromatic carbocycles. The van der Waals surface area contributed by atoms with E-state index in [0.717, 1.165) is 0 Å². The van der Waals surface area contributed by atoms with Crippen LogP contribution in [-0.2, 0) is 17.7 Å². The van der Waals surface area contributed by atoms with Crippen LogP contribution in [0.3, 0.4) is 0 Å². The summed E-state index contributed by atoms with van der Waals surface area (Å²) in [7, 11) is 0.403. The lowest BCUT2D eigenvalue weighted by molar-refractivity contribution is 0.0634. The Bertz CT molecular complexity index is 112. The Hall–Kier alpha value is 0.194. The standard InChI is InChI=1S/C4H12O2Si.C2H8O4Si/c2*1-5-7(3,4)6-2/h1-4H3;3-4H,1-2H3. The number of rotatable bonds is 4. The Balaban J connectivity index is 0. The molecule has 0 fully saturated rings. The second-order valence-corrected chi connectivity index (χ2v) is 8.29. The van der Waals surface area contributed by atoms with E-state index >= 15 is 0 Å². The highest BCUT2D eigenvalue weighted by molar-refractivity contribution is 6.64. The van der Waals surface area contributed by atoms with Crippen molar-refractivity contribution in [2.45, 2.75) is 13.1 Å². The summed E-state index contributed by atoms with van der Waals surface area (Å²) in [6.45, 7) is 3.99. The molecular weight excluding hydrogens is 224 g/mol. The van der Waals surface area contributed by atoms with E-state index in [0.29, 0.717) is 0 Å². The van der Waals surface area contributed by atoms with Crippen molar-refractivity contribution in [3.8, 4) is 0 Å². The summed E-state index contributed by atoms with van der Waals surface area (Å²) in [5.41, 5.74) is 0. The SMILES string of the molecule is CO[Si](C)(C)OC.CO[Si](O)(O)OC. The third-order valence-corrected chi connectivity index (χ3v) is 4.54. The van der Waals surface area contributed by atoms with Gasteiger partial charge in [-0.1, -0.05) is 0 Å². The fourth-order valence-electron chi connectivity index (χ4n) is 0.167. The van der Waals surface area contributed by atoms with Gasteiger partial charge in [-0.15, -0.1) is 0 Å². The molecule has 0 unspecified atom stereocenters. The molecule has 0 saturated carbocycles. The van der Waals surface area contributed by atoms with Crippen LogP contribution in [0.25, 0.3) is 0 Å². The van der Waals surface area contributed by atoms with Crippen LogP contribution in [0, 0.1) is 0 Å². The van der Waals surface area contributed by atoms with Crippen molar-refractivity contribution in [1.82, 2.24) is 0 Å². The molecule has 0 radical (unpaired) electrons. The van der Waals surface area contributed by atoms with Crippen LogP contribution in [-0.4, -0.2) is 55.6 Å².